The van der Waals surface area contributed by atoms with Gasteiger partial charge in [0.05, 0.1) is 0 Å². The zero-order valence-electron chi connectivity index (χ0n) is 12.8. The van der Waals surface area contributed by atoms with Crippen molar-refractivity contribution < 1.29 is 20.3 Å². The third-order valence-corrected chi connectivity index (χ3v) is 8.98. The summed E-state index contributed by atoms with van der Waals surface area (Å²) in [5.74, 6) is 0. The van der Waals surface area contributed by atoms with E-state index >= 15 is 0 Å². The number of benzene rings is 1. The minimum absolute atomic E-state index is 0. The van der Waals surface area contributed by atoms with Crippen LogP contribution in [0, 0.1) is 0 Å². The predicted octanol–water partition coefficient (Wildman–Crippen LogP) is 0.940. The van der Waals surface area contributed by atoms with Gasteiger partial charge in [-0.3, -0.25) is 0 Å². The first kappa shape index (κ1) is 14.4. The molecule has 92 valence electrons. The van der Waals surface area contributed by atoms with Crippen molar-refractivity contribution in [3.63, 3.8) is 0 Å². The molecule has 0 radical (unpaired) electrons. The third-order valence-electron chi connectivity index (χ3n) is 4.18. The molecule has 0 heterocycles. The molecule has 0 atom stereocenters. The third kappa shape index (κ3) is 2.51. The average Bonchev–Trinajstić information content (AvgIpc) is 3.12. The van der Waals surface area contributed by atoms with Gasteiger partial charge in [0.1, 0.15) is 8.07 Å². The zero-order valence-corrected chi connectivity index (χ0v) is 12.8. The van der Waals surface area contributed by atoms with Crippen molar-refractivity contribution in [3.8, 4) is 0 Å². The molecule has 1 aromatic carbocycles. The Kier molecular flexibility index (Phi) is 4.52. The van der Waals surface area contributed by atoms with Gasteiger partial charge in [0.25, 0.3) is 0 Å². The Morgan fingerprint density at radius 1 is 0.895 bits per heavy atom. The van der Waals surface area contributed by atoms with Gasteiger partial charge in [0, 0.05) is 0 Å². The molecule has 0 saturated carbocycles. The fourth-order valence-corrected chi connectivity index (χ4v) is 6.91. The van der Waals surface area contributed by atoms with Crippen molar-refractivity contribution in [2.45, 2.75) is 19.4 Å². The molecular weight excluding hydrogens is 239 g/mol. The van der Waals surface area contributed by atoms with Crippen molar-refractivity contribution in [1.82, 2.24) is 0 Å². The van der Waals surface area contributed by atoms with Crippen LogP contribution in [0.3, 0.4) is 0 Å². The van der Waals surface area contributed by atoms with E-state index in [0.717, 1.165) is 12.8 Å². The van der Waals surface area contributed by atoms with Crippen LogP contribution in [-0.2, 0) is 0 Å². The Morgan fingerprint density at radius 3 is 1.84 bits per heavy atom. The SMILES string of the molecule is C[Si](C1=CC=CC1)(C1=CC=CC1)c1ccccc1.[H-].[Li+]. The van der Waals surface area contributed by atoms with Crippen LogP contribution in [0.4, 0.5) is 0 Å². The van der Waals surface area contributed by atoms with Crippen LogP contribution in [0.15, 0.2) is 77.2 Å². The van der Waals surface area contributed by atoms with Crippen LogP contribution in [-0.4, -0.2) is 8.07 Å². The Morgan fingerprint density at radius 2 is 1.42 bits per heavy atom. The molecule has 2 aliphatic carbocycles. The molecular formula is C17H19LiSi. The number of rotatable bonds is 3. The Hall–Kier alpha value is -1.01. The van der Waals surface area contributed by atoms with E-state index in [1.54, 1.807) is 10.4 Å². The predicted molar refractivity (Wildman–Crippen MR) is 82.5 cm³/mol. The summed E-state index contributed by atoms with van der Waals surface area (Å²) in [4.78, 5) is 0. The van der Waals surface area contributed by atoms with Gasteiger partial charge in [-0.05, 0) is 12.8 Å². The molecule has 2 aliphatic rings. The fourth-order valence-electron chi connectivity index (χ4n) is 2.98. The van der Waals surface area contributed by atoms with Gasteiger partial charge in [-0.1, -0.05) is 88.9 Å². The van der Waals surface area contributed by atoms with Crippen molar-refractivity contribution in [2.24, 2.45) is 0 Å². The summed E-state index contributed by atoms with van der Waals surface area (Å²) in [5, 5.41) is 4.82. The van der Waals surface area contributed by atoms with Crippen molar-refractivity contribution in [1.29, 1.82) is 0 Å². The Bertz CT molecular complexity index is 540. The van der Waals surface area contributed by atoms with Crippen molar-refractivity contribution >= 4 is 13.3 Å². The number of hydrogen-bond acceptors (Lipinski definition) is 0. The first-order chi connectivity index (χ1) is 8.82. The second-order valence-electron chi connectivity index (χ2n) is 5.14. The minimum atomic E-state index is -1.66. The van der Waals surface area contributed by atoms with Gasteiger partial charge >= 0.3 is 18.9 Å². The summed E-state index contributed by atoms with van der Waals surface area (Å²) in [6.07, 6.45) is 16.0. The summed E-state index contributed by atoms with van der Waals surface area (Å²) in [7, 11) is -1.66. The summed E-state index contributed by atoms with van der Waals surface area (Å²) in [6, 6.07) is 11.1. The van der Waals surface area contributed by atoms with Gasteiger partial charge < -0.3 is 1.43 Å². The van der Waals surface area contributed by atoms with E-state index in [0.29, 0.717) is 0 Å². The van der Waals surface area contributed by atoms with E-state index in [1.807, 2.05) is 0 Å². The van der Waals surface area contributed by atoms with Crippen LogP contribution in [0.25, 0.3) is 0 Å². The molecule has 3 rings (SSSR count). The second kappa shape index (κ2) is 5.97. The minimum Gasteiger partial charge on any atom is -1.00 e. The molecule has 0 aliphatic heterocycles. The zero-order chi connectivity index (χ0) is 12.4. The monoisotopic (exact) mass is 258 g/mol. The van der Waals surface area contributed by atoms with E-state index in [4.69, 9.17) is 0 Å². The number of hydrogen-bond donors (Lipinski definition) is 0. The quantitative estimate of drug-likeness (QED) is 0.708. The summed E-state index contributed by atoms with van der Waals surface area (Å²) in [5.41, 5.74) is 0. The standard InChI is InChI=1S/C17H18Si.Li.H/c1-18(16-11-5-6-12-16,17-13-7-8-14-17)15-9-3-2-4-10-15;;/h2-11,13H,12,14H2,1H3;;/q;+1;-1. The van der Waals surface area contributed by atoms with Gasteiger partial charge in [-0.2, -0.15) is 0 Å². The second-order valence-corrected chi connectivity index (χ2v) is 9.25. The van der Waals surface area contributed by atoms with Crippen LogP contribution in [0.1, 0.15) is 14.3 Å². The van der Waals surface area contributed by atoms with E-state index < -0.39 is 8.07 Å². The molecule has 0 fully saturated rings. The maximum atomic E-state index is 2.50. The van der Waals surface area contributed by atoms with Crippen LogP contribution >= 0.6 is 0 Å². The molecule has 2 heteroatoms. The van der Waals surface area contributed by atoms with E-state index in [2.05, 4.69) is 73.3 Å². The molecule has 0 aromatic heterocycles. The van der Waals surface area contributed by atoms with Crippen molar-refractivity contribution in [2.75, 3.05) is 0 Å². The van der Waals surface area contributed by atoms with Crippen LogP contribution in [0.5, 0.6) is 0 Å². The maximum absolute atomic E-state index is 2.50. The van der Waals surface area contributed by atoms with E-state index in [9.17, 15) is 0 Å². The fraction of sp³-hybridized carbons (Fsp3) is 0.176. The van der Waals surface area contributed by atoms with Crippen LogP contribution < -0.4 is 24.0 Å². The molecule has 0 spiro atoms. The molecule has 0 N–H and O–H groups in total. The van der Waals surface area contributed by atoms with Crippen LogP contribution in [0.2, 0.25) is 6.55 Å². The van der Waals surface area contributed by atoms with Gasteiger partial charge in [-0.25, -0.2) is 0 Å². The smallest absolute Gasteiger partial charge is 1.00 e. The largest absolute Gasteiger partial charge is 1.00 e. The average molecular weight is 258 g/mol. The van der Waals surface area contributed by atoms with E-state index in [1.165, 1.54) is 5.19 Å². The van der Waals surface area contributed by atoms with Gasteiger partial charge in [-0.15, -0.1) is 0 Å². The maximum Gasteiger partial charge on any atom is 1.00 e. The summed E-state index contributed by atoms with van der Waals surface area (Å²) >= 11 is 0. The first-order valence-corrected chi connectivity index (χ1v) is 9.09. The molecule has 0 bridgehead atoms. The van der Waals surface area contributed by atoms with Crippen molar-refractivity contribution in [3.05, 3.63) is 77.2 Å². The molecule has 0 amide bonds. The van der Waals surface area contributed by atoms with Gasteiger partial charge in [0.15, 0.2) is 0 Å². The molecule has 19 heavy (non-hydrogen) atoms. The molecule has 1 aromatic rings. The Labute approximate surface area is 130 Å². The first-order valence-electron chi connectivity index (χ1n) is 6.59. The summed E-state index contributed by atoms with van der Waals surface area (Å²) in [6.45, 7) is 2.50. The summed E-state index contributed by atoms with van der Waals surface area (Å²) < 4.78 is 0. The van der Waals surface area contributed by atoms with E-state index in [-0.39, 0.29) is 20.3 Å². The molecule has 0 nitrogen and oxygen atoms in total. The topological polar surface area (TPSA) is 0 Å². The normalized spacial score (nSPS) is 17.1. The number of allylic oxidation sites excluding steroid dienone is 8. The molecule has 0 unspecified atom stereocenters. The van der Waals surface area contributed by atoms with Gasteiger partial charge in [0.2, 0.25) is 0 Å². The molecule has 0 saturated heterocycles. The Balaban J connectivity index is 0.000001000.